The molecule has 0 atom stereocenters. The van der Waals surface area contributed by atoms with E-state index >= 15 is 0 Å². The number of anilines is 6. The zero-order valence-corrected chi connectivity index (χ0v) is 59.3. The van der Waals surface area contributed by atoms with E-state index in [1.165, 1.54) is 99.0 Å². The SMILES string of the molecule is CC(C)(C)c1cc(-c2ccc3c(c2)N(c2cccc4c2oc2ccccc24)c2cc(C(C)(C)C)cc4c2B3c2ccc(-n3c5ccccc5c5ccc6c(c7ccccc7n6-c6ccccc6)c53)cc2N4c2c(-c3ccccc3)cc(C(C)(C)C)cc2-c2ccccc2)cc(C(C)(C)C)c1. The molecule has 5 nitrogen and oxygen atoms in total. The first-order valence-electron chi connectivity index (χ1n) is 35.6. The lowest BCUT2D eigenvalue weighted by atomic mass is 9.33. The molecule has 0 N–H and O–H groups in total. The maximum Gasteiger partial charge on any atom is 0.252 e. The fraction of sp³-hybridized carbons (Fsp3) is 0.170. The molecular weight excluding hydrogens is 1210 g/mol. The minimum absolute atomic E-state index is 0.0808. The summed E-state index contributed by atoms with van der Waals surface area (Å²) >= 11 is 0. The van der Waals surface area contributed by atoms with Gasteiger partial charge in [0, 0.05) is 77.6 Å². The second-order valence-corrected chi connectivity index (χ2v) is 32.1. The molecule has 486 valence electrons. The molecule has 6 heteroatoms. The number of hydrogen-bond donors (Lipinski definition) is 0. The van der Waals surface area contributed by atoms with Crippen molar-refractivity contribution in [3.05, 3.63) is 295 Å². The highest BCUT2D eigenvalue weighted by Crippen LogP contribution is 2.55. The van der Waals surface area contributed by atoms with Crippen LogP contribution in [0.25, 0.3) is 110 Å². The van der Waals surface area contributed by atoms with Crippen molar-refractivity contribution in [1.82, 2.24) is 9.13 Å². The molecule has 2 aliphatic rings. The van der Waals surface area contributed by atoms with Gasteiger partial charge in [0.15, 0.2) is 5.58 Å². The van der Waals surface area contributed by atoms with Gasteiger partial charge in [-0.3, -0.25) is 0 Å². The molecular formula is C94H81BN4O. The molecule has 0 radical (unpaired) electrons. The van der Waals surface area contributed by atoms with E-state index in [9.17, 15) is 0 Å². The van der Waals surface area contributed by atoms with Crippen LogP contribution in [-0.2, 0) is 21.7 Å². The Bertz CT molecular complexity index is 5930. The average molecular weight is 1290 g/mol. The third-order valence-corrected chi connectivity index (χ3v) is 21.7. The first kappa shape index (κ1) is 61.3. The van der Waals surface area contributed by atoms with Crippen molar-refractivity contribution in [3.63, 3.8) is 0 Å². The van der Waals surface area contributed by atoms with Crippen molar-refractivity contribution >= 4 is 123 Å². The second kappa shape index (κ2) is 22.2. The van der Waals surface area contributed by atoms with Gasteiger partial charge < -0.3 is 23.4 Å². The molecule has 0 fully saturated rings. The number of benzene rings is 13. The molecule has 0 unspecified atom stereocenters. The van der Waals surface area contributed by atoms with Gasteiger partial charge in [-0.15, -0.1) is 0 Å². The summed E-state index contributed by atoms with van der Waals surface area (Å²) < 4.78 is 12.3. The molecule has 0 aliphatic carbocycles. The van der Waals surface area contributed by atoms with Gasteiger partial charge in [0.25, 0.3) is 6.71 Å². The van der Waals surface area contributed by atoms with E-state index in [1.807, 2.05) is 0 Å². The molecule has 2 aliphatic heterocycles. The summed E-state index contributed by atoms with van der Waals surface area (Å²) in [6.45, 7) is 28.0. The number of para-hydroxylation sites is 5. The van der Waals surface area contributed by atoms with E-state index in [0.717, 1.165) is 84.1 Å². The van der Waals surface area contributed by atoms with Gasteiger partial charge in [0.1, 0.15) is 5.58 Å². The van der Waals surface area contributed by atoms with Crippen LogP contribution in [0.5, 0.6) is 0 Å². The summed E-state index contributed by atoms with van der Waals surface area (Å²) in [4.78, 5) is 5.31. The molecule has 0 saturated heterocycles. The van der Waals surface area contributed by atoms with E-state index in [1.54, 1.807) is 0 Å². The van der Waals surface area contributed by atoms with Crippen LogP contribution in [0.1, 0.15) is 105 Å². The van der Waals surface area contributed by atoms with Crippen LogP contribution < -0.4 is 26.2 Å². The van der Waals surface area contributed by atoms with E-state index in [4.69, 9.17) is 4.42 Å². The number of aromatic nitrogens is 2. The first-order chi connectivity index (χ1) is 48.2. The summed E-state index contributed by atoms with van der Waals surface area (Å²) in [5.41, 5.74) is 30.5. The Morgan fingerprint density at radius 1 is 0.300 bits per heavy atom. The lowest BCUT2D eigenvalue weighted by Crippen LogP contribution is -2.61. The van der Waals surface area contributed by atoms with E-state index in [0.29, 0.717) is 0 Å². The van der Waals surface area contributed by atoms with Crippen LogP contribution in [0.3, 0.4) is 0 Å². The van der Waals surface area contributed by atoms with Crippen LogP contribution in [0.15, 0.2) is 277 Å². The largest absolute Gasteiger partial charge is 0.454 e. The Morgan fingerprint density at radius 3 is 1.44 bits per heavy atom. The van der Waals surface area contributed by atoms with Gasteiger partial charge in [0.2, 0.25) is 0 Å². The fourth-order valence-electron chi connectivity index (χ4n) is 16.4. The predicted molar refractivity (Wildman–Crippen MR) is 428 cm³/mol. The van der Waals surface area contributed by atoms with Crippen LogP contribution >= 0.6 is 0 Å². The third kappa shape index (κ3) is 9.57. The van der Waals surface area contributed by atoms with Gasteiger partial charge in [-0.1, -0.05) is 271 Å². The Labute approximate surface area is 587 Å². The summed E-state index contributed by atoms with van der Waals surface area (Å²) in [7, 11) is 0. The third-order valence-electron chi connectivity index (χ3n) is 21.7. The summed E-state index contributed by atoms with van der Waals surface area (Å²) in [6, 6.07) is 104. The van der Waals surface area contributed by atoms with Crippen molar-refractivity contribution in [1.29, 1.82) is 0 Å². The zero-order chi connectivity index (χ0) is 68.5. The minimum atomic E-state index is -0.307. The molecule has 3 aromatic heterocycles. The van der Waals surface area contributed by atoms with Gasteiger partial charge in [-0.2, -0.15) is 0 Å². The predicted octanol–water partition coefficient (Wildman–Crippen LogP) is 24.1. The average Bonchev–Trinajstić information content (AvgIpc) is 1.02. The topological polar surface area (TPSA) is 29.5 Å². The fourth-order valence-corrected chi connectivity index (χ4v) is 16.4. The maximum absolute atomic E-state index is 7.23. The smallest absolute Gasteiger partial charge is 0.252 e. The quantitative estimate of drug-likeness (QED) is 0.149. The molecule has 100 heavy (non-hydrogen) atoms. The van der Waals surface area contributed by atoms with Crippen molar-refractivity contribution in [2.45, 2.75) is 105 Å². The second-order valence-electron chi connectivity index (χ2n) is 32.1. The molecule has 0 amide bonds. The monoisotopic (exact) mass is 1290 g/mol. The lowest BCUT2D eigenvalue weighted by Gasteiger charge is -2.46. The molecule has 18 rings (SSSR count). The highest BCUT2D eigenvalue weighted by Gasteiger charge is 2.46. The first-order valence-corrected chi connectivity index (χ1v) is 35.6. The van der Waals surface area contributed by atoms with Crippen LogP contribution in [0.2, 0.25) is 0 Å². The van der Waals surface area contributed by atoms with Gasteiger partial charge >= 0.3 is 0 Å². The number of fused-ring (bicyclic) bond motifs is 14. The number of hydrogen-bond acceptors (Lipinski definition) is 3. The number of rotatable bonds is 7. The standard InChI is InChI=1S/C94H81BN4O/c1-91(2,3)62-49-61(50-63(52-62)92(4,5)6)60-43-46-75-81(51-60)98(80-41-28-38-71-69-36-24-27-42-85(69)100-90(71)80)83-55-65(94(10,11)12)56-84-87(83)95(75)76-47-44-67(57-82(76)99(84)88-73(58-29-16-13-17-30-58)53-64(93(7,8)9)54-74(88)59-31-18-14-19-32-59)97-77-39-25-22-35-68(77)70-45-48-79-86(89(70)97)72-37-23-26-40-78(72)96(79)66-33-20-15-21-34-66/h13-57H,1-12H3. The summed E-state index contributed by atoms with van der Waals surface area (Å²) in [5.74, 6) is 0. The number of furan rings is 1. The van der Waals surface area contributed by atoms with E-state index < -0.39 is 0 Å². The van der Waals surface area contributed by atoms with Crippen LogP contribution in [-0.4, -0.2) is 15.8 Å². The van der Waals surface area contributed by atoms with E-state index in [2.05, 4.69) is 375 Å². The lowest BCUT2D eigenvalue weighted by molar-refractivity contribution is 0.569. The van der Waals surface area contributed by atoms with Crippen molar-refractivity contribution in [2.24, 2.45) is 0 Å². The Hall–Kier alpha value is -11.1. The molecule has 0 saturated carbocycles. The van der Waals surface area contributed by atoms with Crippen molar-refractivity contribution < 1.29 is 4.42 Å². The van der Waals surface area contributed by atoms with Crippen LogP contribution in [0.4, 0.5) is 34.1 Å². The maximum atomic E-state index is 7.23. The highest BCUT2D eigenvalue weighted by molar-refractivity contribution is 7.00. The number of nitrogens with zero attached hydrogens (tertiary/aromatic N) is 4. The molecule has 0 spiro atoms. The van der Waals surface area contributed by atoms with Gasteiger partial charge in [0.05, 0.1) is 33.4 Å². The van der Waals surface area contributed by atoms with Gasteiger partial charge in [-0.05, 0) is 167 Å². The van der Waals surface area contributed by atoms with E-state index in [-0.39, 0.29) is 28.4 Å². The Kier molecular flexibility index (Phi) is 13.6. The molecule has 13 aromatic carbocycles. The molecule has 5 heterocycles. The zero-order valence-electron chi connectivity index (χ0n) is 59.3. The van der Waals surface area contributed by atoms with Gasteiger partial charge in [-0.25, -0.2) is 0 Å². The van der Waals surface area contributed by atoms with Crippen molar-refractivity contribution in [3.8, 4) is 44.8 Å². The summed E-state index contributed by atoms with van der Waals surface area (Å²) in [6.07, 6.45) is 0. The minimum Gasteiger partial charge on any atom is -0.454 e. The normalized spacial score (nSPS) is 13.3. The molecule has 0 bridgehead atoms. The van der Waals surface area contributed by atoms with Crippen molar-refractivity contribution in [2.75, 3.05) is 9.80 Å². The van der Waals surface area contributed by atoms with Crippen LogP contribution in [0, 0.1) is 0 Å². The summed E-state index contributed by atoms with van der Waals surface area (Å²) in [5, 5.41) is 7.06. The highest BCUT2D eigenvalue weighted by atomic mass is 16.3. The Balaban J connectivity index is 1.01. The Morgan fingerprint density at radius 2 is 0.810 bits per heavy atom. The molecule has 16 aromatic rings.